The van der Waals surface area contributed by atoms with Crippen LogP contribution in [0.2, 0.25) is 0 Å². The van der Waals surface area contributed by atoms with Crippen molar-refractivity contribution in [2.75, 3.05) is 6.54 Å². The van der Waals surface area contributed by atoms with Gasteiger partial charge in [-0.15, -0.1) is 0 Å². The molecule has 2 heterocycles. The molecule has 5 heteroatoms. The molecule has 4 nitrogen and oxygen atoms in total. The van der Waals surface area contributed by atoms with E-state index in [1.165, 1.54) is 5.56 Å². The fraction of sp³-hybridized carbons (Fsp3) is 0.625. The summed E-state index contributed by atoms with van der Waals surface area (Å²) in [5.74, 6) is 0.157. The first-order valence-corrected chi connectivity index (χ1v) is 8.68. The van der Waals surface area contributed by atoms with E-state index in [0.717, 1.165) is 32.1 Å². The number of carbonyl (C=O) groups is 2. The van der Waals surface area contributed by atoms with E-state index in [9.17, 15) is 9.59 Å². The van der Waals surface area contributed by atoms with Gasteiger partial charge in [0.15, 0.2) is 0 Å². The Kier molecular flexibility index (Phi) is 4.02. The summed E-state index contributed by atoms with van der Waals surface area (Å²) in [5, 5.41) is 7.22. The van der Waals surface area contributed by atoms with Crippen LogP contribution in [-0.4, -0.2) is 34.8 Å². The van der Waals surface area contributed by atoms with Crippen molar-refractivity contribution in [2.45, 2.75) is 57.0 Å². The number of thiophene rings is 1. The van der Waals surface area contributed by atoms with Crippen molar-refractivity contribution < 1.29 is 9.59 Å². The minimum Gasteiger partial charge on any atom is -0.342 e. The summed E-state index contributed by atoms with van der Waals surface area (Å²) in [4.78, 5) is 27.0. The molecule has 1 aromatic rings. The van der Waals surface area contributed by atoms with E-state index >= 15 is 0 Å². The maximum absolute atomic E-state index is 13.0. The highest BCUT2D eigenvalue weighted by atomic mass is 32.1. The van der Waals surface area contributed by atoms with Crippen molar-refractivity contribution in [3.8, 4) is 0 Å². The topological polar surface area (TPSA) is 49.4 Å². The van der Waals surface area contributed by atoms with Crippen LogP contribution in [0.1, 0.15) is 44.6 Å². The lowest BCUT2D eigenvalue weighted by Crippen LogP contribution is -2.56. The smallest absolute Gasteiger partial charge is 0.248 e. The highest BCUT2D eigenvalue weighted by Gasteiger charge is 2.47. The van der Waals surface area contributed by atoms with Crippen LogP contribution in [0, 0.1) is 0 Å². The lowest BCUT2D eigenvalue weighted by molar-refractivity contribution is -0.139. The summed E-state index contributed by atoms with van der Waals surface area (Å²) >= 11 is 1.68. The molecule has 114 valence electrons. The largest absolute Gasteiger partial charge is 0.342 e. The molecular weight excluding hydrogens is 284 g/mol. The van der Waals surface area contributed by atoms with E-state index in [-0.39, 0.29) is 17.9 Å². The lowest BCUT2D eigenvalue weighted by Gasteiger charge is -2.34. The van der Waals surface area contributed by atoms with Crippen LogP contribution in [0.25, 0.3) is 0 Å². The van der Waals surface area contributed by atoms with Crippen molar-refractivity contribution in [1.29, 1.82) is 0 Å². The van der Waals surface area contributed by atoms with Crippen LogP contribution in [0.5, 0.6) is 0 Å². The molecule has 3 rings (SSSR count). The molecule has 1 N–H and O–H groups in total. The second-order valence-electron chi connectivity index (χ2n) is 6.27. The van der Waals surface area contributed by atoms with Crippen LogP contribution in [-0.2, 0) is 16.0 Å². The number of carbonyl (C=O) groups excluding carboxylic acids is 2. The first-order chi connectivity index (χ1) is 10.1. The van der Waals surface area contributed by atoms with E-state index in [2.05, 4.69) is 22.1 Å². The number of amides is 2. The monoisotopic (exact) mass is 306 g/mol. The highest BCUT2D eigenvalue weighted by molar-refractivity contribution is 7.07. The Morgan fingerprint density at radius 2 is 2.14 bits per heavy atom. The van der Waals surface area contributed by atoms with Crippen LogP contribution >= 0.6 is 11.3 Å². The minimum absolute atomic E-state index is 0.0175. The molecule has 21 heavy (non-hydrogen) atoms. The van der Waals surface area contributed by atoms with Crippen LogP contribution in [0.15, 0.2) is 16.8 Å². The summed E-state index contributed by atoms with van der Waals surface area (Å²) in [7, 11) is 0. The maximum Gasteiger partial charge on any atom is 0.248 e. The SMILES string of the molecule is CC1CC(=O)NC2(CCCC2)C(=O)N1CCc1ccsc1. The maximum atomic E-state index is 13.0. The van der Waals surface area contributed by atoms with Gasteiger partial charge in [0.05, 0.1) is 0 Å². The number of hydrogen-bond donors (Lipinski definition) is 1. The second kappa shape index (κ2) is 5.79. The molecule has 2 aliphatic rings. The normalized spacial score (nSPS) is 25.2. The average molecular weight is 306 g/mol. The first kappa shape index (κ1) is 14.6. The van der Waals surface area contributed by atoms with Gasteiger partial charge in [0.2, 0.25) is 11.8 Å². The molecule has 1 spiro atoms. The van der Waals surface area contributed by atoms with Gasteiger partial charge in [0, 0.05) is 19.0 Å². The minimum atomic E-state index is -0.615. The third-order valence-electron chi connectivity index (χ3n) is 4.74. The Balaban J connectivity index is 1.78. The van der Waals surface area contributed by atoms with Crippen molar-refractivity contribution in [3.05, 3.63) is 22.4 Å². The molecular formula is C16H22N2O2S. The Hall–Kier alpha value is -1.36. The molecule has 0 aromatic carbocycles. The molecule has 0 radical (unpaired) electrons. The van der Waals surface area contributed by atoms with E-state index in [4.69, 9.17) is 0 Å². The second-order valence-corrected chi connectivity index (χ2v) is 7.05. The molecule has 1 aliphatic carbocycles. The van der Waals surface area contributed by atoms with E-state index in [0.29, 0.717) is 13.0 Å². The standard InChI is InChI=1S/C16H22N2O2S/c1-12-10-14(19)17-16(6-2-3-7-16)15(20)18(12)8-4-13-5-9-21-11-13/h5,9,11-12H,2-4,6-8,10H2,1H3,(H,17,19). The molecule has 1 saturated carbocycles. The van der Waals surface area contributed by atoms with Crippen molar-refractivity contribution >= 4 is 23.2 Å². The molecule has 1 aromatic heterocycles. The van der Waals surface area contributed by atoms with Gasteiger partial charge in [-0.25, -0.2) is 0 Å². The molecule has 0 bridgehead atoms. The summed E-state index contributed by atoms with van der Waals surface area (Å²) in [6.07, 6.45) is 4.91. The third-order valence-corrected chi connectivity index (χ3v) is 5.47. The zero-order chi connectivity index (χ0) is 14.9. The quantitative estimate of drug-likeness (QED) is 0.932. The number of hydrogen-bond acceptors (Lipinski definition) is 3. The zero-order valence-corrected chi connectivity index (χ0v) is 13.2. The van der Waals surface area contributed by atoms with Crippen LogP contribution in [0.3, 0.4) is 0 Å². The lowest BCUT2D eigenvalue weighted by atomic mass is 9.95. The van der Waals surface area contributed by atoms with Crippen molar-refractivity contribution in [2.24, 2.45) is 0 Å². The van der Waals surface area contributed by atoms with Crippen LogP contribution in [0.4, 0.5) is 0 Å². The fourth-order valence-electron chi connectivity index (χ4n) is 3.55. The predicted molar refractivity (Wildman–Crippen MR) is 83.2 cm³/mol. The summed E-state index contributed by atoms with van der Waals surface area (Å²) in [6, 6.07) is 2.09. The van der Waals surface area contributed by atoms with E-state index < -0.39 is 5.54 Å². The summed E-state index contributed by atoms with van der Waals surface area (Å²) in [5.41, 5.74) is 0.653. The molecule has 1 saturated heterocycles. The van der Waals surface area contributed by atoms with Gasteiger partial charge in [-0.3, -0.25) is 9.59 Å². The zero-order valence-electron chi connectivity index (χ0n) is 12.4. The average Bonchev–Trinajstić information content (AvgIpc) is 3.08. The Morgan fingerprint density at radius 1 is 1.38 bits per heavy atom. The van der Waals surface area contributed by atoms with Gasteiger partial charge in [0.25, 0.3) is 0 Å². The van der Waals surface area contributed by atoms with E-state index in [1.807, 2.05) is 11.8 Å². The number of nitrogens with one attached hydrogen (secondary N) is 1. The number of rotatable bonds is 3. The van der Waals surface area contributed by atoms with Gasteiger partial charge in [0.1, 0.15) is 5.54 Å². The van der Waals surface area contributed by atoms with E-state index in [1.54, 1.807) is 11.3 Å². The van der Waals surface area contributed by atoms with Crippen molar-refractivity contribution in [3.63, 3.8) is 0 Å². The van der Waals surface area contributed by atoms with Crippen LogP contribution < -0.4 is 5.32 Å². The predicted octanol–water partition coefficient (Wildman–Crippen LogP) is 2.34. The molecule has 1 unspecified atom stereocenters. The molecule has 2 fully saturated rings. The summed E-state index contributed by atoms with van der Waals surface area (Å²) in [6.45, 7) is 2.69. The Labute approximate surface area is 129 Å². The highest BCUT2D eigenvalue weighted by Crippen LogP contribution is 2.34. The van der Waals surface area contributed by atoms with Gasteiger partial charge >= 0.3 is 0 Å². The fourth-order valence-corrected chi connectivity index (χ4v) is 4.25. The van der Waals surface area contributed by atoms with Gasteiger partial charge < -0.3 is 10.2 Å². The van der Waals surface area contributed by atoms with Gasteiger partial charge in [-0.05, 0) is 48.6 Å². The first-order valence-electron chi connectivity index (χ1n) is 7.74. The Bertz CT molecular complexity index is 520. The molecule has 1 atom stereocenters. The summed E-state index contributed by atoms with van der Waals surface area (Å²) < 4.78 is 0. The van der Waals surface area contributed by atoms with Crippen molar-refractivity contribution in [1.82, 2.24) is 10.2 Å². The number of nitrogens with zero attached hydrogens (tertiary/aromatic N) is 1. The van der Waals surface area contributed by atoms with Gasteiger partial charge in [-0.1, -0.05) is 12.8 Å². The van der Waals surface area contributed by atoms with Gasteiger partial charge in [-0.2, -0.15) is 11.3 Å². The Morgan fingerprint density at radius 3 is 2.81 bits per heavy atom. The molecule has 2 amide bonds. The molecule has 1 aliphatic heterocycles. The third kappa shape index (κ3) is 2.84.